The van der Waals surface area contributed by atoms with E-state index in [0.29, 0.717) is 16.4 Å². The van der Waals surface area contributed by atoms with E-state index >= 15 is 0 Å². The van der Waals surface area contributed by atoms with Crippen molar-refractivity contribution >= 4 is 28.4 Å². The molecule has 0 unspecified atom stereocenters. The summed E-state index contributed by atoms with van der Waals surface area (Å²) in [5, 5.41) is 1.12. The first-order valence-electron chi connectivity index (χ1n) is 5.79. The first-order valence-corrected chi connectivity index (χ1v) is 6.17. The van der Waals surface area contributed by atoms with Crippen molar-refractivity contribution in [3.05, 3.63) is 39.2 Å². The van der Waals surface area contributed by atoms with Crippen LogP contribution in [0.5, 0.6) is 5.75 Å². The number of hydrogen-bond donors (Lipinski definition) is 0. The molecule has 19 heavy (non-hydrogen) atoms. The van der Waals surface area contributed by atoms with E-state index in [-0.39, 0.29) is 5.78 Å². The van der Waals surface area contributed by atoms with Crippen LogP contribution in [0.2, 0.25) is 5.02 Å². The van der Waals surface area contributed by atoms with Crippen molar-refractivity contribution in [1.29, 1.82) is 0 Å². The number of ether oxygens (including phenoxy) is 1. The summed E-state index contributed by atoms with van der Waals surface area (Å²) in [6.45, 7) is 4.87. The zero-order valence-electron chi connectivity index (χ0n) is 10.8. The van der Waals surface area contributed by atoms with Gasteiger partial charge in [-0.1, -0.05) is 11.6 Å². The van der Waals surface area contributed by atoms with Gasteiger partial charge in [0, 0.05) is 17.5 Å². The zero-order chi connectivity index (χ0) is 14.2. The van der Waals surface area contributed by atoms with Gasteiger partial charge in [-0.3, -0.25) is 4.79 Å². The molecule has 4 nitrogen and oxygen atoms in total. The van der Waals surface area contributed by atoms with E-state index in [0.717, 1.165) is 10.9 Å². The van der Waals surface area contributed by atoms with Gasteiger partial charge in [-0.05, 0) is 32.4 Å². The lowest BCUT2D eigenvalue weighted by Gasteiger charge is -2.13. The van der Waals surface area contributed by atoms with Gasteiger partial charge in [-0.15, -0.1) is 0 Å². The summed E-state index contributed by atoms with van der Waals surface area (Å²) >= 11 is 6.11. The van der Waals surface area contributed by atoms with E-state index in [1.807, 2.05) is 0 Å². The summed E-state index contributed by atoms with van der Waals surface area (Å²) in [6, 6.07) is 4.60. The van der Waals surface area contributed by atoms with Crippen LogP contribution in [0, 0.1) is 6.92 Å². The van der Waals surface area contributed by atoms with Gasteiger partial charge in [0.25, 0.3) is 0 Å². The summed E-state index contributed by atoms with van der Waals surface area (Å²) in [5.74, 6) is 0.215. The third-order valence-electron chi connectivity index (χ3n) is 2.88. The lowest BCUT2D eigenvalue weighted by molar-refractivity contribution is -0.122. The Hall–Kier alpha value is -1.81. The van der Waals surface area contributed by atoms with E-state index in [9.17, 15) is 9.59 Å². The lowest BCUT2D eigenvalue weighted by Crippen LogP contribution is -2.20. The monoisotopic (exact) mass is 280 g/mol. The van der Waals surface area contributed by atoms with Gasteiger partial charge in [0.2, 0.25) is 0 Å². The molecule has 0 spiro atoms. The normalized spacial score (nSPS) is 12.4. The lowest BCUT2D eigenvalue weighted by atomic mass is 10.1. The average molecular weight is 281 g/mol. The summed E-state index contributed by atoms with van der Waals surface area (Å²) in [4.78, 5) is 22.5. The van der Waals surface area contributed by atoms with Crippen LogP contribution in [0.1, 0.15) is 19.4 Å². The molecule has 100 valence electrons. The maximum atomic E-state index is 11.3. The van der Waals surface area contributed by atoms with Crippen molar-refractivity contribution in [2.45, 2.75) is 26.9 Å². The quantitative estimate of drug-likeness (QED) is 0.811. The molecule has 0 amide bonds. The molecular formula is C14H13ClO4. The number of carbonyl (C=O) groups is 1. The Morgan fingerprint density at radius 3 is 2.68 bits per heavy atom. The second kappa shape index (κ2) is 5.05. The van der Waals surface area contributed by atoms with E-state index in [2.05, 4.69) is 0 Å². The Balaban J connectivity index is 2.55. The Kier molecular flexibility index (Phi) is 3.62. The molecule has 5 heteroatoms. The minimum absolute atomic E-state index is 0.109. The predicted octanol–water partition coefficient (Wildman–Crippen LogP) is 3.11. The highest BCUT2D eigenvalue weighted by atomic mass is 35.5. The number of halogens is 1. The van der Waals surface area contributed by atoms with Crippen LogP contribution < -0.4 is 10.4 Å². The van der Waals surface area contributed by atoms with Crippen LogP contribution in [-0.2, 0) is 4.79 Å². The number of rotatable bonds is 3. The smallest absolute Gasteiger partial charge is 0.336 e. The van der Waals surface area contributed by atoms with E-state index < -0.39 is 11.7 Å². The zero-order valence-corrected chi connectivity index (χ0v) is 11.6. The molecule has 0 saturated carbocycles. The van der Waals surface area contributed by atoms with Crippen LogP contribution >= 0.6 is 11.6 Å². The van der Waals surface area contributed by atoms with Crippen molar-refractivity contribution in [2.24, 2.45) is 0 Å². The Morgan fingerprint density at radius 2 is 2.05 bits per heavy atom. The molecule has 0 aliphatic carbocycles. The van der Waals surface area contributed by atoms with Gasteiger partial charge >= 0.3 is 5.63 Å². The summed E-state index contributed by atoms with van der Waals surface area (Å²) in [5.41, 5.74) is 0.734. The van der Waals surface area contributed by atoms with E-state index in [1.165, 1.54) is 19.1 Å². The highest BCUT2D eigenvalue weighted by Crippen LogP contribution is 2.31. The number of hydrogen-bond acceptors (Lipinski definition) is 4. The molecule has 2 rings (SSSR count). The van der Waals surface area contributed by atoms with Gasteiger partial charge in [-0.2, -0.15) is 0 Å². The number of ketones is 1. The fourth-order valence-corrected chi connectivity index (χ4v) is 1.89. The van der Waals surface area contributed by atoms with Crippen LogP contribution in [-0.4, -0.2) is 11.9 Å². The van der Waals surface area contributed by atoms with Crippen molar-refractivity contribution in [1.82, 2.24) is 0 Å². The molecule has 1 atom stereocenters. The average Bonchev–Trinajstić information content (AvgIpc) is 2.31. The number of benzene rings is 1. The molecule has 0 saturated heterocycles. The molecule has 0 bridgehead atoms. The van der Waals surface area contributed by atoms with Crippen molar-refractivity contribution < 1.29 is 13.9 Å². The predicted molar refractivity (Wildman–Crippen MR) is 73.0 cm³/mol. The second-order valence-corrected chi connectivity index (χ2v) is 4.81. The van der Waals surface area contributed by atoms with Gasteiger partial charge in [0.1, 0.15) is 11.3 Å². The van der Waals surface area contributed by atoms with Crippen LogP contribution in [0.25, 0.3) is 11.0 Å². The first kappa shape index (κ1) is 13.6. The third kappa shape index (κ3) is 2.79. The molecular weight excluding hydrogens is 268 g/mol. The van der Waals surface area contributed by atoms with Gasteiger partial charge in [0.15, 0.2) is 11.9 Å². The standard InChI is InChI=1S/C14H13ClO4/c1-7-4-14(17)19-12-6-13(11(15)5-10(7)12)18-9(3)8(2)16/h4-6,9H,1-3H3/t9-/m0/s1. The Morgan fingerprint density at radius 1 is 1.37 bits per heavy atom. The van der Waals surface area contributed by atoms with Crippen LogP contribution in [0.15, 0.2) is 27.4 Å². The SMILES string of the molecule is CC(=O)[C@H](C)Oc1cc2oc(=O)cc(C)c2cc1Cl. The highest BCUT2D eigenvalue weighted by Gasteiger charge is 2.14. The molecule has 1 aromatic heterocycles. The number of Topliss-reactive ketones (excluding diaryl/α,β-unsaturated/α-hetero) is 1. The molecule has 2 aromatic rings. The fourth-order valence-electron chi connectivity index (χ4n) is 1.68. The largest absolute Gasteiger partial charge is 0.481 e. The third-order valence-corrected chi connectivity index (χ3v) is 3.18. The number of fused-ring (bicyclic) bond motifs is 1. The fraction of sp³-hybridized carbons (Fsp3) is 0.286. The van der Waals surface area contributed by atoms with Crippen molar-refractivity contribution in [3.8, 4) is 5.75 Å². The topological polar surface area (TPSA) is 56.5 Å². The van der Waals surface area contributed by atoms with Crippen molar-refractivity contribution in [3.63, 3.8) is 0 Å². The second-order valence-electron chi connectivity index (χ2n) is 4.40. The maximum Gasteiger partial charge on any atom is 0.336 e. The first-order chi connectivity index (χ1) is 8.88. The van der Waals surface area contributed by atoms with E-state index in [1.54, 1.807) is 19.9 Å². The van der Waals surface area contributed by atoms with Gasteiger partial charge < -0.3 is 9.15 Å². The van der Waals surface area contributed by atoms with Crippen LogP contribution in [0.4, 0.5) is 0 Å². The Labute approximate surface area is 114 Å². The highest BCUT2D eigenvalue weighted by molar-refractivity contribution is 6.32. The minimum atomic E-state index is -0.605. The summed E-state index contributed by atoms with van der Waals surface area (Å²) < 4.78 is 10.6. The summed E-state index contributed by atoms with van der Waals surface area (Å²) in [7, 11) is 0. The molecule has 1 heterocycles. The Bertz CT molecular complexity index is 702. The number of aryl methyl sites for hydroxylation is 1. The molecule has 0 aliphatic heterocycles. The van der Waals surface area contributed by atoms with Gasteiger partial charge in [0.05, 0.1) is 5.02 Å². The summed E-state index contributed by atoms with van der Waals surface area (Å²) in [6.07, 6.45) is -0.605. The number of carbonyl (C=O) groups excluding carboxylic acids is 1. The molecule has 0 fully saturated rings. The molecule has 1 aromatic carbocycles. The molecule has 0 N–H and O–H groups in total. The van der Waals surface area contributed by atoms with Gasteiger partial charge in [-0.25, -0.2) is 4.79 Å². The maximum absolute atomic E-state index is 11.3. The molecule has 0 radical (unpaired) electrons. The molecule has 0 aliphatic rings. The van der Waals surface area contributed by atoms with Crippen LogP contribution in [0.3, 0.4) is 0 Å². The van der Waals surface area contributed by atoms with Crippen molar-refractivity contribution in [2.75, 3.05) is 0 Å². The minimum Gasteiger partial charge on any atom is -0.481 e. The van der Waals surface area contributed by atoms with E-state index in [4.69, 9.17) is 20.8 Å².